The first-order chi connectivity index (χ1) is 8.13. The van der Waals surface area contributed by atoms with Gasteiger partial charge in [0.1, 0.15) is 5.69 Å². The summed E-state index contributed by atoms with van der Waals surface area (Å²) in [4.78, 5) is 14.6. The molecule has 6 heteroatoms. The number of hydrogen-bond donors (Lipinski definition) is 3. The highest BCUT2D eigenvalue weighted by Crippen LogP contribution is 1.99. The number of ether oxygens (including phenoxy) is 1. The summed E-state index contributed by atoms with van der Waals surface area (Å²) in [5, 5.41) is 21.1. The Hall–Kier alpha value is -1.50. The Bertz CT molecular complexity index is 370. The molecule has 1 rings (SSSR count). The SMILES string of the molecule is COCC(O)CNCc1cccc(C(=O)O)n1. The molecule has 6 nitrogen and oxygen atoms in total. The molecular weight excluding hydrogens is 224 g/mol. The van der Waals surface area contributed by atoms with Gasteiger partial charge in [-0.2, -0.15) is 0 Å². The van der Waals surface area contributed by atoms with Crippen LogP contribution in [0.5, 0.6) is 0 Å². The van der Waals surface area contributed by atoms with Crippen molar-refractivity contribution in [3.05, 3.63) is 29.6 Å². The first-order valence-electron chi connectivity index (χ1n) is 5.20. The van der Waals surface area contributed by atoms with Gasteiger partial charge in [0.2, 0.25) is 0 Å². The van der Waals surface area contributed by atoms with E-state index in [1.165, 1.54) is 13.2 Å². The second-order valence-electron chi connectivity index (χ2n) is 3.56. The standard InChI is InChI=1S/C11H16N2O4/c1-17-7-9(14)6-12-5-8-3-2-4-10(13-8)11(15)16/h2-4,9,12,14H,5-7H2,1H3,(H,15,16). The largest absolute Gasteiger partial charge is 0.477 e. The molecule has 0 aliphatic rings. The van der Waals surface area contributed by atoms with Crippen LogP contribution in [0.25, 0.3) is 0 Å². The summed E-state index contributed by atoms with van der Waals surface area (Å²) in [6, 6.07) is 4.80. The quantitative estimate of drug-likeness (QED) is 0.615. The Morgan fingerprint density at radius 3 is 3.00 bits per heavy atom. The Balaban J connectivity index is 2.41. The molecule has 1 aromatic rings. The van der Waals surface area contributed by atoms with Crippen LogP contribution < -0.4 is 5.32 Å². The van der Waals surface area contributed by atoms with Crippen LogP contribution in [0.3, 0.4) is 0 Å². The number of aromatic carboxylic acids is 1. The van der Waals surface area contributed by atoms with Crippen molar-refractivity contribution >= 4 is 5.97 Å². The average Bonchev–Trinajstić information content (AvgIpc) is 2.30. The lowest BCUT2D eigenvalue weighted by Gasteiger charge is -2.10. The van der Waals surface area contributed by atoms with E-state index in [2.05, 4.69) is 10.3 Å². The maximum Gasteiger partial charge on any atom is 0.354 e. The summed E-state index contributed by atoms with van der Waals surface area (Å²) in [5.74, 6) is -1.05. The number of aliphatic hydroxyl groups is 1. The highest BCUT2D eigenvalue weighted by Gasteiger charge is 2.06. The molecule has 0 aliphatic heterocycles. The van der Waals surface area contributed by atoms with E-state index in [1.807, 2.05) is 0 Å². The Morgan fingerprint density at radius 2 is 2.35 bits per heavy atom. The minimum Gasteiger partial charge on any atom is -0.477 e. The van der Waals surface area contributed by atoms with Gasteiger partial charge in [-0.15, -0.1) is 0 Å². The average molecular weight is 240 g/mol. The fraction of sp³-hybridized carbons (Fsp3) is 0.455. The van der Waals surface area contributed by atoms with E-state index in [-0.39, 0.29) is 12.3 Å². The van der Waals surface area contributed by atoms with Crippen LogP contribution in [0.15, 0.2) is 18.2 Å². The van der Waals surface area contributed by atoms with Gasteiger partial charge in [0.05, 0.1) is 18.4 Å². The molecule has 0 aliphatic carbocycles. The number of aliphatic hydroxyl groups excluding tert-OH is 1. The van der Waals surface area contributed by atoms with Gasteiger partial charge < -0.3 is 20.3 Å². The molecule has 0 amide bonds. The van der Waals surface area contributed by atoms with Crippen molar-refractivity contribution < 1.29 is 19.7 Å². The summed E-state index contributed by atoms with van der Waals surface area (Å²) in [7, 11) is 1.51. The third-order valence-corrected chi connectivity index (χ3v) is 2.07. The van der Waals surface area contributed by atoms with E-state index in [4.69, 9.17) is 9.84 Å². The van der Waals surface area contributed by atoms with Crippen LogP contribution in [0.2, 0.25) is 0 Å². The predicted octanol–water partition coefficient (Wildman–Crippen LogP) is -0.123. The number of carboxylic acids is 1. The van der Waals surface area contributed by atoms with Crippen molar-refractivity contribution in [3.8, 4) is 0 Å². The minimum absolute atomic E-state index is 0.0155. The smallest absolute Gasteiger partial charge is 0.354 e. The number of carboxylic acid groups (broad SMARTS) is 1. The van der Waals surface area contributed by atoms with Gasteiger partial charge >= 0.3 is 5.97 Å². The molecule has 1 aromatic heterocycles. The van der Waals surface area contributed by atoms with Crippen molar-refractivity contribution in [2.24, 2.45) is 0 Å². The summed E-state index contributed by atoms with van der Waals surface area (Å²) < 4.78 is 4.77. The third-order valence-electron chi connectivity index (χ3n) is 2.07. The molecule has 0 saturated heterocycles. The predicted molar refractivity (Wildman–Crippen MR) is 60.8 cm³/mol. The first-order valence-corrected chi connectivity index (χ1v) is 5.20. The van der Waals surface area contributed by atoms with Gasteiger partial charge in [-0.05, 0) is 12.1 Å². The lowest BCUT2D eigenvalue weighted by Crippen LogP contribution is -2.30. The maximum absolute atomic E-state index is 10.7. The van der Waals surface area contributed by atoms with E-state index in [0.717, 1.165) is 0 Å². The topological polar surface area (TPSA) is 91.7 Å². The van der Waals surface area contributed by atoms with Crippen LogP contribution in [0.1, 0.15) is 16.2 Å². The molecule has 1 heterocycles. The van der Waals surface area contributed by atoms with Crippen molar-refractivity contribution in [1.29, 1.82) is 0 Å². The van der Waals surface area contributed by atoms with Gasteiger partial charge in [0, 0.05) is 20.2 Å². The number of hydrogen-bond acceptors (Lipinski definition) is 5. The second kappa shape index (κ2) is 6.95. The molecule has 3 N–H and O–H groups in total. The fourth-order valence-corrected chi connectivity index (χ4v) is 1.32. The number of nitrogens with one attached hydrogen (secondary N) is 1. The molecule has 0 spiro atoms. The van der Waals surface area contributed by atoms with Gasteiger partial charge in [-0.1, -0.05) is 6.07 Å². The number of aromatic nitrogens is 1. The summed E-state index contributed by atoms with van der Waals surface area (Å²) in [6.45, 7) is 1.03. The normalized spacial score (nSPS) is 12.4. The minimum atomic E-state index is -1.05. The molecule has 94 valence electrons. The van der Waals surface area contributed by atoms with Crippen LogP contribution in [-0.2, 0) is 11.3 Å². The molecule has 0 bridgehead atoms. The van der Waals surface area contributed by atoms with E-state index in [1.54, 1.807) is 12.1 Å². The van der Waals surface area contributed by atoms with E-state index < -0.39 is 12.1 Å². The Labute approximate surface area is 99.3 Å². The van der Waals surface area contributed by atoms with Gasteiger partial charge in [-0.3, -0.25) is 0 Å². The summed E-state index contributed by atoms with van der Waals surface area (Å²) in [5.41, 5.74) is 0.635. The van der Waals surface area contributed by atoms with Crippen molar-refractivity contribution in [2.75, 3.05) is 20.3 Å². The molecule has 0 aromatic carbocycles. The second-order valence-corrected chi connectivity index (χ2v) is 3.56. The van der Waals surface area contributed by atoms with Crippen molar-refractivity contribution in [2.45, 2.75) is 12.6 Å². The number of methoxy groups -OCH3 is 1. The number of rotatable bonds is 7. The number of carbonyl (C=O) groups is 1. The highest BCUT2D eigenvalue weighted by atomic mass is 16.5. The van der Waals surface area contributed by atoms with Crippen molar-refractivity contribution in [1.82, 2.24) is 10.3 Å². The molecule has 0 saturated carbocycles. The lowest BCUT2D eigenvalue weighted by atomic mass is 10.3. The van der Waals surface area contributed by atoms with E-state index in [0.29, 0.717) is 18.8 Å². The number of pyridine rings is 1. The van der Waals surface area contributed by atoms with E-state index in [9.17, 15) is 9.90 Å². The summed E-state index contributed by atoms with van der Waals surface area (Å²) in [6.07, 6.45) is -0.581. The lowest BCUT2D eigenvalue weighted by molar-refractivity contribution is 0.0642. The zero-order valence-electron chi connectivity index (χ0n) is 9.59. The Kier molecular flexibility index (Phi) is 5.55. The molecule has 17 heavy (non-hydrogen) atoms. The number of nitrogens with zero attached hydrogens (tertiary/aromatic N) is 1. The monoisotopic (exact) mass is 240 g/mol. The molecular formula is C11H16N2O4. The van der Waals surface area contributed by atoms with Crippen LogP contribution >= 0.6 is 0 Å². The molecule has 1 atom stereocenters. The molecule has 0 radical (unpaired) electrons. The van der Waals surface area contributed by atoms with Crippen LogP contribution in [0.4, 0.5) is 0 Å². The van der Waals surface area contributed by atoms with Gasteiger partial charge in [0.25, 0.3) is 0 Å². The first kappa shape index (κ1) is 13.6. The van der Waals surface area contributed by atoms with Crippen LogP contribution in [0, 0.1) is 0 Å². The zero-order valence-corrected chi connectivity index (χ0v) is 9.59. The van der Waals surface area contributed by atoms with Gasteiger partial charge in [0.15, 0.2) is 0 Å². The fourth-order valence-electron chi connectivity index (χ4n) is 1.32. The maximum atomic E-state index is 10.7. The van der Waals surface area contributed by atoms with E-state index >= 15 is 0 Å². The van der Waals surface area contributed by atoms with Gasteiger partial charge in [-0.25, -0.2) is 9.78 Å². The van der Waals surface area contributed by atoms with Crippen LogP contribution in [-0.4, -0.2) is 47.5 Å². The molecule has 1 unspecified atom stereocenters. The highest BCUT2D eigenvalue weighted by molar-refractivity contribution is 5.85. The summed E-state index contributed by atoms with van der Waals surface area (Å²) >= 11 is 0. The Morgan fingerprint density at radius 1 is 1.59 bits per heavy atom. The molecule has 0 fully saturated rings. The zero-order chi connectivity index (χ0) is 12.7. The third kappa shape index (κ3) is 4.90. The van der Waals surface area contributed by atoms with Crippen molar-refractivity contribution in [3.63, 3.8) is 0 Å².